The molecule has 0 saturated carbocycles. The Balaban J connectivity index is 1.60. The van der Waals surface area contributed by atoms with Crippen molar-refractivity contribution in [2.75, 3.05) is 26.2 Å². The summed E-state index contributed by atoms with van der Waals surface area (Å²) in [6.45, 7) is 8.61. The summed E-state index contributed by atoms with van der Waals surface area (Å²) < 4.78 is 5.56. The molecule has 2 heterocycles. The maximum Gasteiger partial charge on any atom is 0.227 e. The number of aryl methyl sites for hydroxylation is 1. The van der Waals surface area contributed by atoms with Gasteiger partial charge < -0.3 is 14.2 Å². The van der Waals surface area contributed by atoms with Gasteiger partial charge in [-0.15, -0.1) is 0 Å². The lowest BCUT2D eigenvalue weighted by molar-refractivity contribution is -0.136. The molecule has 2 aromatic rings. The Morgan fingerprint density at radius 3 is 2.56 bits per heavy atom. The van der Waals surface area contributed by atoms with Crippen molar-refractivity contribution in [3.8, 4) is 0 Å². The van der Waals surface area contributed by atoms with Crippen LogP contribution in [-0.2, 0) is 16.0 Å². The minimum Gasteiger partial charge on any atom is -0.441 e. The molecule has 2 amide bonds. The average Bonchev–Trinajstić information content (AvgIpc) is 2.86. The van der Waals surface area contributed by atoms with E-state index in [1.165, 1.54) is 0 Å². The van der Waals surface area contributed by atoms with E-state index < -0.39 is 0 Å². The van der Waals surface area contributed by atoms with Gasteiger partial charge in [-0.2, -0.15) is 0 Å². The van der Waals surface area contributed by atoms with Gasteiger partial charge in [-0.1, -0.05) is 19.9 Å². The first-order chi connectivity index (χ1) is 13.0. The van der Waals surface area contributed by atoms with Crippen LogP contribution in [0.3, 0.4) is 0 Å². The quantitative estimate of drug-likeness (QED) is 0.810. The van der Waals surface area contributed by atoms with Crippen LogP contribution in [0.5, 0.6) is 0 Å². The Labute approximate surface area is 160 Å². The van der Waals surface area contributed by atoms with Gasteiger partial charge in [0.05, 0.1) is 6.42 Å². The molecule has 6 nitrogen and oxygen atoms in total. The lowest BCUT2D eigenvalue weighted by Crippen LogP contribution is -2.40. The van der Waals surface area contributed by atoms with Crippen LogP contribution in [0.25, 0.3) is 11.1 Å². The standard InChI is InChI=1S/C21H29N3O3/c1-4-17(5-2)21(26)24-10-6-9-23(11-12-24)20(25)14-16-7-8-18-19(13-16)27-15(3)22-18/h7-8,13,17H,4-6,9-12,14H2,1-3H3. The minimum absolute atomic E-state index is 0.0995. The number of hydrogen-bond acceptors (Lipinski definition) is 4. The third-order valence-corrected chi connectivity index (χ3v) is 5.41. The zero-order chi connectivity index (χ0) is 19.4. The van der Waals surface area contributed by atoms with Gasteiger partial charge in [0, 0.05) is 39.0 Å². The summed E-state index contributed by atoms with van der Waals surface area (Å²) in [6.07, 6.45) is 2.92. The van der Waals surface area contributed by atoms with E-state index in [1.807, 2.05) is 34.9 Å². The lowest BCUT2D eigenvalue weighted by Gasteiger charge is -2.25. The van der Waals surface area contributed by atoms with Gasteiger partial charge in [0.2, 0.25) is 11.8 Å². The SMILES string of the molecule is CCC(CC)C(=O)N1CCCN(C(=O)Cc2ccc3nc(C)oc3c2)CC1. The molecule has 0 atom stereocenters. The number of oxazole rings is 1. The van der Waals surface area contributed by atoms with Gasteiger partial charge in [0.25, 0.3) is 0 Å². The Bertz CT molecular complexity index is 810. The molecule has 1 aromatic heterocycles. The van der Waals surface area contributed by atoms with E-state index in [2.05, 4.69) is 18.8 Å². The van der Waals surface area contributed by atoms with Crippen molar-refractivity contribution < 1.29 is 14.0 Å². The normalized spacial score (nSPS) is 15.4. The summed E-state index contributed by atoms with van der Waals surface area (Å²) in [6, 6.07) is 5.73. The van der Waals surface area contributed by atoms with E-state index in [-0.39, 0.29) is 17.7 Å². The summed E-state index contributed by atoms with van der Waals surface area (Å²) in [5.74, 6) is 1.07. The predicted molar refractivity (Wildman–Crippen MR) is 104 cm³/mol. The molecule has 3 rings (SSSR count). The van der Waals surface area contributed by atoms with Crippen LogP contribution in [0, 0.1) is 12.8 Å². The summed E-state index contributed by atoms with van der Waals surface area (Å²) in [4.78, 5) is 33.5. The van der Waals surface area contributed by atoms with Crippen molar-refractivity contribution in [2.24, 2.45) is 5.92 Å². The largest absolute Gasteiger partial charge is 0.441 e. The van der Waals surface area contributed by atoms with Gasteiger partial charge in [-0.3, -0.25) is 9.59 Å². The number of amides is 2. The van der Waals surface area contributed by atoms with Gasteiger partial charge >= 0.3 is 0 Å². The van der Waals surface area contributed by atoms with Gasteiger partial charge in [0.1, 0.15) is 5.52 Å². The number of carbonyl (C=O) groups is 2. The van der Waals surface area contributed by atoms with Crippen molar-refractivity contribution in [3.05, 3.63) is 29.7 Å². The highest BCUT2D eigenvalue weighted by atomic mass is 16.3. The maximum atomic E-state index is 12.8. The molecule has 1 aliphatic heterocycles. The number of aromatic nitrogens is 1. The number of benzene rings is 1. The lowest BCUT2D eigenvalue weighted by atomic mass is 10.0. The van der Waals surface area contributed by atoms with Crippen LogP contribution < -0.4 is 0 Å². The Morgan fingerprint density at radius 2 is 1.81 bits per heavy atom. The highest BCUT2D eigenvalue weighted by molar-refractivity contribution is 5.82. The van der Waals surface area contributed by atoms with Crippen LogP contribution in [-0.4, -0.2) is 52.8 Å². The molecule has 27 heavy (non-hydrogen) atoms. The first-order valence-electron chi connectivity index (χ1n) is 9.94. The van der Waals surface area contributed by atoms with Crippen LogP contribution >= 0.6 is 0 Å². The first kappa shape index (κ1) is 19.4. The zero-order valence-electron chi connectivity index (χ0n) is 16.5. The predicted octanol–water partition coefficient (Wildman–Crippen LogP) is 3.18. The van der Waals surface area contributed by atoms with Crippen molar-refractivity contribution in [1.82, 2.24) is 14.8 Å². The number of rotatable bonds is 5. The van der Waals surface area contributed by atoms with Crippen LogP contribution in [0.4, 0.5) is 0 Å². The van der Waals surface area contributed by atoms with Crippen molar-refractivity contribution in [2.45, 2.75) is 46.5 Å². The third kappa shape index (κ3) is 4.49. The second kappa shape index (κ2) is 8.55. The molecule has 0 unspecified atom stereocenters. The van der Waals surface area contributed by atoms with E-state index in [0.29, 0.717) is 31.9 Å². The highest BCUT2D eigenvalue weighted by Crippen LogP contribution is 2.18. The third-order valence-electron chi connectivity index (χ3n) is 5.41. The van der Waals surface area contributed by atoms with Gasteiger partial charge in [-0.25, -0.2) is 4.98 Å². The molecule has 0 N–H and O–H groups in total. The molecule has 1 fully saturated rings. The number of carbonyl (C=O) groups excluding carboxylic acids is 2. The Hall–Kier alpha value is -2.37. The van der Waals surface area contributed by atoms with Crippen molar-refractivity contribution in [3.63, 3.8) is 0 Å². The molecule has 1 saturated heterocycles. The Morgan fingerprint density at radius 1 is 1.11 bits per heavy atom. The fourth-order valence-electron chi connectivity index (χ4n) is 3.76. The van der Waals surface area contributed by atoms with Crippen molar-refractivity contribution in [1.29, 1.82) is 0 Å². The molecule has 0 aliphatic carbocycles. The van der Waals surface area contributed by atoms with E-state index >= 15 is 0 Å². The molecule has 0 bridgehead atoms. The topological polar surface area (TPSA) is 66.7 Å². The van der Waals surface area contributed by atoms with Crippen LogP contribution in [0.15, 0.2) is 22.6 Å². The number of nitrogens with zero attached hydrogens (tertiary/aromatic N) is 3. The second-order valence-electron chi connectivity index (χ2n) is 7.28. The smallest absolute Gasteiger partial charge is 0.227 e. The number of hydrogen-bond donors (Lipinski definition) is 0. The van der Waals surface area contributed by atoms with E-state index in [9.17, 15) is 9.59 Å². The fraction of sp³-hybridized carbons (Fsp3) is 0.571. The monoisotopic (exact) mass is 371 g/mol. The van der Waals surface area contributed by atoms with Crippen LogP contribution in [0.1, 0.15) is 44.6 Å². The molecular formula is C21H29N3O3. The average molecular weight is 371 g/mol. The van der Waals surface area contributed by atoms with E-state index in [1.54, 1.807) is 0 Å². The summed E-state index contributed by atoms with van der Waals surface area (Å²) in [5.41, 5.74) is 2.46. The molecule has 1 aliphatic rings. The Kier molecular flexibility index (Phi) is 6.14. The molecule has 1 aromatic carbocycles. The molecule has 0 spiro atoms. The number of fused-ring (bicyclic) bond motifs is 1. The summed E-state index contributed by atoms with van der Waals surface area (Å²) >= 11 is 0. The van der Waals surface area contributed by atoms with E-state index in [0.717, 1.165) is 42.5 Å². The van der Waals surface area contributed by atoms with Crippen molar-refractivity contribution >= 4 is 22.9 Å². The highest BCUT2D eigenvalue weighted by Gasteiger charge is 2.25. The summed E-state index contributed by atoms with van der Waals surface area (Å²) in [7, 11) is 0. The second-order valence-corrected chi connectivity index (χ2v) is 7.28. The van der Waals surface area contributed by atoms with E-state index in [4.69, 9.17) is 4.42 Å². The van der Waals surface area contributed by atoms with Gasteiger partial charge in [0.15, 0.2) is 11.5 Å². The molecule has 146 valence electrons. The van der Waals surface area contributed by atoms with Gasteiger partial charge in [-0.05, 0) is 37.0 Å². The molecule has 6 heteroatoms. The maximum absolute atomic E-state index is 12.8. The minimum atomic E-state index is 0.0995. The van der Waals surface area contributed by atoms with Crippen LogP contribution in [0.2, 0.25) is 0 Å². The fourth-order valence-corrected chi connectivity index (χ4v) is 3.76. The zero-order valence-corrected chi connectivity index (χ0v) is 16.5. The molecular weight excluding hydrogens is 342 g/mol. The summed E-state index contributed by atoms with van der Waals surface area (Å²) in [5, 5.41) is 0. The molecule has 0 radical (unpaired) electrons. The first-order valence-corrected chi connectivity index (χ1v) is 9.94.